The van der Waals surface area contributed by atoms with E-state index in [1.165, 1.54) is 0 Å². The van der Waals surface area contributed by atoms with Gasteiger partial charge in [-0.25, -0.2) is 0 Å². The number of rotatable bonds is 2. The Morgan fingerprint density at radius 1 is 1.13 bits per heavy atom. The van der Waals surface area contributed by atoms with E-state index in [4.69, 9.17) is 10.2 Å². The molecule has 2 unspecified atom stereocenters. The van der Waals surface area contributed by atoms with Crippen molar-refractivity contribution < 1.29 is 35.1 Å². The van der Waals surface area contributed by atoms with Crippen LogP contribution < -0.4 is 0 Å². The Balaban J connectivity index is 2.78. The fraction of sp³-hybridized carbons (Fsp3) is 0.875. The number of ether oxygens (including phenoxy) is 1. The van der Waals surface area contributed by atoms with Crippen LogP contribution in [0.4, 0.5) is 0 Å². The summed E-state index contributed by atoms with van der Waals surface area (Å²) >= 11 is 0. The predicted molar refractivity (Wildman–Crippen MR) is 45.6 cm³/mol. The van der Waals surface area contributed by atoms with Gasteiger partial charge < -0.3 is 30.3 Å². The van der Waals surface area contributed by atoms with E-state index >= 15 is 0 Å². The van der Waals surface area contributed by atoms with Crippen molar-refractivity contribution in [3.8, 4) is 0 Å². The molecule has 0 radical (unpaired) electrons. The van der Waals surface area contributed by atoms with E-state index in [1.807, 2.05) is 0 Å². The molecular weight excluding hydrogens is 208 g/mol. The summed E-state index contributed by atoms with van der Waals surface area (Å²) in [6.45, 7) is 1.07. The zero-order valence-electron chi connectivity index (χ0n) is 8.02. The average Bonchev–Trinajstić information content (AvgIpc) is 2.19. The van der Waals surface area contributed by atoms with Crippen LogP contribution in [0.2, 0.25) is 0 Å². The monoisotopic (exact) mass is 222 g/mol. The minimum Gasteiger partial charge on any atom is -0.387 e. The van der Waals surface area contributed by atoms with Crippen molar-refractivity contribution in [2.24, 2.45) is 0 Å². The van der Waals surface area contributed by atoms with Gasteiger partial charge in [0.05, 0.1) is 0 Å². The Labute approximate surface area is 85.5 Å². The highest BCUT2D eigenvalue weighted by molar-refractivity contribution is 5.80. The van der Waals surface area contributed by atoms with E-state index in [-0.39, 0.29) is 0 Å². The minimum atomic E-state index is -1.75. The molecule has 15 heavy (non-hydrogen) atoms. The van der Waals surface area contributed by atoms with Gasteiger partial charge in [0.2, 0.25) is 0 Å². The maximum absolute atomic E-state index is 10.8. The summed E-state index contributed by atoms with van der Waals surface area (Å²) in [7, 11) is 0. The summed E-state index contributed by atoms with van der Waals surface area (Å²) in [4.78, 5) is 10.8. The second-order valence-corrected chi connectivity index (χ2v) is 3.52. The van der Waals surface area contributed by atoms with Gasteiger partial charge in [-0.2, -0.15) is 0 Å². The first kappa shape index (κ1) is 12.5. The number of ketones is 1. The van der Waals surface area contributed by atoms with Crippen molar-refractivity contribution in [3.63, 3.8) is 0 Å². The molecule has 0 bridgehead atoms. The molecule has 0 aromatic heterocycles. The fourth-order valence-electron chi connectivity index (χ4n) is 1.38. The zero-order chi connectivity index (χ0) is 11.7. The van der Waals surface area contributed by atoms with Gasteiger partial charge in [-0.15, -0.1) is 0 Å². The number of carbonyl (C=O) groups excluding carboxylic acids is 1. The molecule has 7 heteroatoms. The number of aliphatic hydroxyl groups excluding tert-OH is 5. The molecule has 88 valence electrons. The lowest BCUT2D eigenvalue weighted by atomic mass is 9.94. The maximum Gasteiger partial charge on any atom is 0.184 e. The average molecular weight is 222 g/mol. The molecule has 0 aliphatic carbocycles. The van der Waals surface area contributed by atoms with Crippen LogP contribution in [0.25, 0.3) is 0 Å². The fourth-order valence-corrected chi connectivity index (χ4v) is 1.38. The number of aliphatic hydroxyl groups is 5. The van der Waals surface area contributed by atoms with E-state index in [2.05, 4.69) is 4.74 Å². The Morgan fingerprint density at radius 2 is 1.67 bits per heavy atom. The lowest BCUT2D eigenvalue weighted by molar-refractivity contribution is -0.293. The van der Waals surface area contributed by atoms with E-state index in [9.17, 15) is 20.1 Å². The first-order valence-corrected chi connectivity index (χ1v) is 4.42. The molecule has 1 heterocycles. The van der Waals surface area contributed by atoms with Gasteiger partial charge in [0.1, 0.15) is 30.5 Å². The Bertz CT molecular complexity index is 243. The molecule has 1 aliphatic rings. The molecular formula is C8H14O7. The SMILES string of the molecule is CC(=O)C(O)[C@H]1OC(O)[C@H](O)[C@@H](O)[C@H]1O. The Hall–Kier alpha value is -0.570. The summed E-state index contributed by atoms with van der Waals surface area (Å²) in [5.74, 6) is -0.671. The zero-order valence-corrected chi connectivity index (χ0v) is 8.02. The highest BCUT2D eigenvalue weighted by Gasteiger charge is 2.46. The molecule has 6 atom stereocenters. The third kappa shape index (κ3) is 2.33. The number of hydrogen-bond acceptors (Lipinski definition) is 7. The summed E-state index contributed by atoms with van der Waals surface area (Å²) in [5.41, 5.74) is 0. The molecule has 5 N–H and O–H groups in total. The highest BCUT2D eigenvalue weighted by Crippen LogP contribution is 2.22. The Kier molecular flexibility index (Phi) is 3.77. The number of hydrogen-bond donors (Lipinski definition) is 5. The van der Waals surface area contributed by atoms with Crippen LogP contribution >= 0.6 is 0 Å². The smallest absolute Gasteiger partial charge is 0.184 e. The largest absolute Gasteiger partial charge is 0.387 e. The normalized spacial score (nSPS) is 43.7. The molecule has 0 amide bonds. The van der Waals surface area contributed by atoms with E-state index < -0.39 is 42.6 Å². The van der Waals surface area contributed by atoms with Gasteiger partial charge in [-0.05, 0) is 6.92 Å². The van der Waals surface area contributed by atoms with Crippen LogP contribution in [0.3, 0.4) is 0 Å². The predicted octanol–water partition coefficient (Wildman–Crippen LogP) is -3.26. The van der Waals surface area contributed by atoms with Gasteiger partial charge in [0.25, 0.3) is 0 Å². The molecule has 0 spiro atoms. The summed E-state index contributed by atoms with van der Waals surface area (Å²) < 4.78 is 4.63. The van der Waals surface area contributed by atoms with Gasteiger partial charge in [0.15, 0.2) is 12.1 Å². The van der Waals surface area contributed by atoms with Gasteiger partial charge in [0, 0.05) is 0 Å². The van der Waals surface area contributed by atoms with Crippen LogP contribution in [0, 0.1) is 0 Å². The molecule has 1 rings (SSSR count). The standard InChI is InChI=1S/C8H14O7/c1-2(9)3(10)7-5(12)4(11)6(13)8(14)15-7/h3-8,10-14H,1H3/t3?,4-,5+,6+,7+,8?/m0/s1. The molecule has 0 aromatic rings. The van der Waals surface area contributed by atoms with Gasteiger partial charge in [-0.3, -0.25) is 4.79 Å². The third-order valence-electron chi connectivity index (χ3n) is 2.35. The number of carbonyl (C=O) groups is 1. The van der Waals surface area contributed by atoms with Crippen molar-refractivity contribution in [1.29, 1.82) is 0 Å². The quantitative estimate of drug-likeness (QED) is 0.332. The first-order valence-electron chi connectivity index (χ1n) is 4.42. The van der Waals surface area contributed by atoms with Gasteiger partial charge in [-0.1, -0.05) is 0 Å². The van der Waals surface area contributed by atoms with Crippen molar-refractivity contribution >= 4 is 5.78 Å². The minimum absolute atomic E-state index is 0.671. The van der Waals surface area contributed by atoms with Crippen LogP contribution in [0.5, 0.6) is 0 Å². The summed E-state index contributed by atoms with van der Waals surface area (Å²) in [5, 5.41) is 46.2. The molecule has 1 saturated heterocycles. The molecule has 1 aliphatic heterocycles. The molecule has 7 nitrogen and oxygen atoms in total. The second kappa shape index (κ2) is 4.52. The van der Waals surface area contributed by atoms with Crippen LogP contribution in [0.15, 0.2) is 0 Å². The lowest BCUT2D eigenvalue weighted by Gasteiger charge is -2.39. The maximum atomic E-state index is 10.8. The lowest BCUT2D eigenvalue weighted by Crippen LogP contribution is -2.61. The van der Waals surface area contributed by atoms with Crippen molar-refractivity contribution in [2.45, 2.75) is 43.7 Å². The van der Waals surface area contributed by atoms with E-state index in [0.717, 1.165) is 6.92 Å². The van der Waals surface area contributed by atoms with Crippen molar-refractivity contribution in [1.82, 2.24) is 0 Å². The summed E-state index contributed by atoms with van der Waals surface area (Å²) in [6.07, 6.45) is -9.83. The molecule has 0 aromatic carbocycles. The van der Waals surface area contributed by atoms with Crippen molar-refractivity contribution in [2.75, 3.05) is 0 Å². The van der Waals surface area contributed by atoms with Gasteiger partial charge >= 0.3 is 0 Å². The van der Waals surface area contributed by atoms with Crippen LogP contribution in [-0.2, 0) is 9.53 Å². The van der Waals surface area contributed by atoms with Crippen molar-refractivity contribution in [3.05, 3.63) is 0 Å². The highest BCUT2D eigenvalue weighted by atomic mass is 16.6. The van der Waals surface area contributed by atoms with E-state index in [1.54, 1.807) is 0 Å². The first-order chi connectivity index (χ1) is 6.86. The Morgan fingerprint density at radius 3 is 2.13 bits per heavy atom. The topological polar surface area (TPSA) is 127 Å². The van der Waals surface area contributed by atoms with Crippen LogP contribution in [-0.4, -0.2) is 68.1 Å². The number of Topliss-reactive ketones (excluding diaryl/α,β-unsaturated/α-hetero) is 1. The van der Waals surface area contributed by atoms with Crippen LogP contribution in [0.1, 0.15) is 6.92 Å². The molecule has 0 saturated carbocycles. The van der Waals surface area contributed by atoms with E-state index in [0.29, 0.717) is 0 Å². The third-order valence-corrected chi connectivity index (χ3v) is 2.35. The second-order valence-electron chi connectivity index (χ2n) is 3.52. The molecule has 1 fully saturated rings. The summed E-state index contributed by atoms with van der Waals surface area (Å²) in [6, 6.07) is 0.